The number of carbonyl (C=O) groups is 1. The first-order valence-corrected chi connectivity index (χ1v) is 6.48. The smallest absolute Gasteiger partial charge is 0.220 e. The quantitative estimate of drug-likeness (QED) is 0.767. The van der Waals surface area contributed by atoms with Crippen molar-refractivity contribution in [3.05, 3.63) is 18.3 Å². The predicted octanol–water partition coefficient (Wildman–Crippen LogP) is 0.769. The molecule has 0 radical (unpaired) electrons. The van der Waals surface area contributed by atoms with Crippen LogP contribution in [0.2, 0.25) is 0 Å². The third-order valence-corrected chi connectivity index (χ3v) is 3.92. The number of carbonyl (C=O) groups excluding carboxylic acids is 1. The summed E-state index contributed by atoms with van der Waals surface area (Å²) in [6.45, 7) is 1.89. The second kappa shape index (κ2) is 4.48. The molecule has 18 heavy (non-hydrogen) atoms. The van der Waals surface area contributed by atoms with Crippen LogP contribution in [0.4, 0.5) is 11.5 Å². The number of nitrogens with zero attached hydrogens (tertiary/aromatic N) is 2. The van der Waals surface area contributed by atoms with Gasteiger partial charge in [-0.25, -0.2) is 4.98 Å². The van der Waals surface area contributed by atoms with Crippen molar-refractivity contribution in [2.45, 2.75) is 25.3 Å². The standard InChI is InChI=1S/C13H18N4O/c14-10-3-5-15-12(7-10)17-6-4-11-9(8-17)1-2-13(18)16-11/h3,5,7,9,11H,1-2,4,6,8H2,(H2,14,15)(H,16,18). The second-order valence-corrected chi connectivity index (χ2v) is 5.15. The molecule has 2 aliphatic rings. The lowest BCUT2D eigenvalue weighted by molar-refractivity contribution is -0.124. The summed E-state index contributed by atoms with van der Waals surface area (Å²) in [6, 6.07) is 4.07. The summed E-state index contributed by atoms with van der Waals surface area (Å²) in [7, 11) is 0. The summed E-state index contributed by atoms with van der Waals surface area (Å²) >= 11 is 0. The first kappa shape index (κ1) is 11.3. The van der Waals surface area contributed by atoms with E-state index in [0.717, 1.165) is 37.4 Å². The number of amides is 1. The maximum absolute atomic E-state index is 11.4. The Morgan fingerprint density at radius 2 is 2.33 bits per heavy atom. The minimum Gasteiger partial charge on any atom is -0.399 e. The minimum atomic E-state index is 0.201. The number of nitrogens with one attached hydrogen (secondary N) is 1. The van der Waals surface area contributed by atoms with E-state index >= 15 is 0 Å². The maximum Gasteiger partial charge on any atom is 0.220 e. The van der Waals surface area contributed by atoms with Gasteiger partial charge in [-0.1, -0.05) is 0 Å². The van der Waals surface area contributed by atoms with Crippen LogP contribution in [-0.4, -0.2) is 30.0 Å². The van der Waals surface area contributed by atoms with Crippen LogP contribution in [0.25, 0.3) is 0 Å². The number of hydrogen-bond acceptors (Lipinski definition) is 4. The normalized spacial score (nSPS) is 27.6. The number of nitrogens with two attached hydrogens (primary N) is 1. The van der Waals surface area contributed by atoms with Gasteiger partial charge in [-0.2, -0.15) is 0 Å². The molecule has 2 atom stereocenters. The van der Waals surface area contributed by atoms with E-state index < -0.39 is 0 Å². The highest BCUT2D eigenvalue weighted by Crippen LogP contribution is 2.28. The van der Waals surface area contributed by atoms with Crippen LogP contribution < -0.4 is 16.0 Å². The number of hydrogen-bond donors (Lipinski definition) is 2. The van der Waals surface area contributed by atoms with E-state index in [1.807, 2.05) is 6.07 Å². The lowest BCUT2D eigenvalue weighted by Gasteiger charge is -2.41. The number of nitrogen functional groups attached to an aromatic ring is 1. The molecule has 96 valence electrons. The molecule has 5 nitrogen and oxygen atoms in total. The fraction of sp³-hybridized carbons (Fsp3) is 0.538. The van der Waals surface area contributed by atoms with Gasteiger partial charge in [0.1, 0.15) is 5.82 Å². The molecule has 0 spiro atoms. The zero-order chi connectivity index (χ0) is 12.5. The van der Waals surface area contributed by atoms with Gasteiger partial charge in [-0.3, -0.25) is 4.79 Å². The first-order chi connectivity index (χ1) is 8.72. The van der Waals surface area contributed by atoms with Gasteiger partial charge in [-0.05, 0) is 24.8 Å². The lowest BCUT2D eigenvalue weighted by atomic mass is 9.85. The van der Waals surface area contributed by atoms with Gasteiger partial charge in [0.25, 0.3) is 0 Å². The molecular formula is C13H18N4O. The SMILES string of the molecule is Nc1ccnc(N2CCC3NC(=O)CCC3C2)c1. The number of rotatable bonds is 1. The third-order valence-electron chi connectivity index (χ3n) is 3.92. The molecule has 0 bridgehead atoms. The van der Waals surface area contributed by atoms with Crippen molar-refractivity contribution in [3.63, 3.8) is 0 Å². The third kappa shape index (κ3) is 2.12. The monoisotopic (exact) mass is 246 g/mol. The van der Waals surface area contributed by atoms with Crippen LogP contribution >= 0.6 is 0 Å². The average molecular weight is 246 g/mol. The fourth-order valence-corrected chi connectivity index (χ4v) is 2.93. The Balaban J connectivity index is 1.72. The summed E-state index contributed by atoms with van der Waals surface area (Å²) in [4.78, 5) is 18.0. The van der Waals surface area contributed by atoms with E-state index in [1.54, 1.807) is 12.3 Å². The summed E-state index contributed by atoms with van der Waals surface area (Å²) < 4.78 is 0. The topological polar surface area (TPSA) is 71.2 Å². The van der Waals surface area contributed by atoms with Gasteiger partial charge < -0.3 is 16.0 Å². The van der Waals surface area contributed by atoms with Gasteiger partial charge in [0.15, 0.2) is 0 Å². The Morgan fingerprint density at radius 1 is 1.44 bits per heavy atom. The second-order valence-electron chi connectivity index (χ2n) is 5.15. The van der Waals surface area contributed by atoms with Crippen LogP contribution in [0.1, 0.15) is 19.3 Å². The van der Waals surface area contributed by atoms with Gasteiger partial charge in [-0.15, -0.1) is 0 Å². The molecule has 5 heteroatoms. The number of piperidine rings is 2. The summed E-state index contributed by atoms with van der Waals surface area (Å²) in [5, 5.41) is 3.09. The molecule has 1 aromatic heterocycles. The van der Waals surface area contributed by atoms with Crippen molar-refractivity contribution >= 4 is 17.4 Å². The van der Waals surface area contributed by atoms with Crippen molar-refractivity contribution < 1.29 is 4.79 Å². The van der Waals surface area contributed by atoms with Crippen LogP contribution in [-0.2, 0) is 4.79 Å². The van der Waals surface area contributed by atoms with Crippen molar-refractivity contribution in [2.24, 2.45) is 5.92 Å². The highest BCUT2D eigenvalue weighted by Gasteiger charge is 2.34. The van der Waals surface area contributed by atoms with Gasteiger partial charge >= 0.3 is 0 Å². The van der Waals surface area contributed by atoms with Crippen LogP contribution in [0.5, 0.6) is 0 Å². The van der Waals surface area contributed by atoms with Gasteiger partial charge in [0.2, 0.25) is 5.91 Å². The number of anilines is 2. The van der Waals surface area contributed by atoms with Crippen molar-refractivity contribution in [1.29, 1.82) is 0 Å². The van der Waals surface area contributed by atoms with Crippen molar-refractivity contribution in [3.8, 4) is 0 Å². The highest BCUT2D eigenvalue weighted by molar-refractivity contribution is 5.77. The Labute approximate surface area is 106 Å². The Morgan fingerprint density at radius 3 is 3.17 bits per heavy atom. The summed E-state index contributed by atoms with van der Waals surface area (Å²) in [5.41, 5.74) is 6.54. The van der Waals surface area contributed by atoms with Gasteiger partial charge in [0, 0.05) is 43.5 Å². The van der Waals surface area contributed by atoms with Gasteiger partial charge in [0.05, 0.1) is 0 Å². The first-order valence-electron chi connectivity index (χ1n) is 6.48. The lowest BCUT2D eigenvalue weighted by Crippen LogP contribution is -2.54. The molecule has 2 saturated heterocycles. The maximum atomic E-state index is 11.4. The van der Waals surface area contributed by atoms with Crippen LogP contribution in [0.15, 0.2) is 18.3 Å². The largest absolute Gasteiger partial charge is 0.399 e. The molecule has 3 rings (SSSR count). The van der Waals surface area contributed by atoms with E-state index in [9.17, 15) is 4.79 Å². The fourth-order valence-electron chi connectivity index (χ4n) is 2.93. The average Bonchev–Trinajstić information content (AvgIpc) is 2.38. The summed E-state index contributed by atoms with van der Waals surface area (Å²) in [5.74, 6) is 1.69. The molecule has 2 unspecified atom stereocenters. The minimum absolute atomic E-state index is 0.201. The molecule has 0 saturated carbocycles. The molecular weight excluding hydrogens is 228 g/mol. The Kier molecular flexibility index (Phi) is 2.81. The summed E-state index contributed by atoms with van der Waals surface area (Å²) in [6.07, 6.45) is 4.38. The number of fused-ring (bicyclic) bond motifs is 1. The molecule has 2 aliphatic heterocycles. The van der Waals surface area contributed by atoms with E-state index in [0.29, 0.717) is 18.4 Å². The Bertz CT molecular complexity index is 462. The van der Waals surface area contributed by atoms with E-state index in [4.69, 9.17) is 5.73 Å². The van der Waals surface area contributed by atoms with E-state index in [1.165, 1.54) is 0 Å². The van der Waals surface area contributed by atoms with E-state index in [-0.39, 0.29) is 5.91 Å². The zero-order valence-corrected chi connectivity index (χ0v) is 10.3. The highest BCUT2D eigenvalue weighted by atomic mass is 16.1. The molecule has 0 aliphatic carbocycles. The van der Waals surface area contributed by atoms with Crippen LogP contribution in [0.3, 0.4) is 0 Å². The van der Waals surface area contributed by atoms with Crippen molar-refractivity contribution in [2.75, 3.05) is 23.7 Å². The Hall–Kier alpha value is -1.78. The molecule has 0 aromatic carbocycles. The number of aromatic nitrogens is 1. The predicted molar refractivity (Wildman–Crippen MR) is 70.1 cm³/mol. The zero-order valence-electron chi connectivity index (χ0n) is 10.3. The van der Waals surface area contributed by atoms with Crippen LogP contribution in [0, 0.1) is 5.92 Å². The molecule has 3 N–H and O–H groups in total. The van der Waals surface area contributed by atoms with E-state index in [2.05, 4.69) is 15.2 Å². The molecule has 1 amide bonds. The molecule has 1 aromatic rings. The van der Waals surface area contributed by atoms with Crippen molar-refractivity contribution in [1.82, 2.24) is 10.3 Å². The number of pyridine rings is 1. The molecule has 2 fully saturated rings. The molecule has 3 heterocycles.